The molecule has 0 aliphatic heterocycles. The van der Waals surface area contributed by atoms with Crippen LogP contribution >= 0.6 is 11.3 Å². The lowest BCUT2D eigenvalue weighted by atomic mass is 10.1. The van der Waals surface area contributed by atoms with Gasteiger partial charge in [0.2, 0.25) is 0 Å². The molecule has 0 aromatic carbocycles. The van der Waals surface area contributed by atoms with E-state index in [0.29, 0.717) is 6.42 Å². The average molecular weight is 286 g/mol. The average Bonchev–Trinajstić information content (AvgIpc) is 2.89. The van der Waals surface area contributed by atoms with Gasteiger partial charge in [-0.1, -0.05) is 13.0 Å². The van der Waals surface area contributed by atoms with Gasteiger partial charge in [0.1, 0.15) is 5.82 Å². The molecule has 1 N–H and O–H groups in total. The monoisotopic (exact) mass is 286 g/mol. The summed E-state index contributed by atoms with van der Waals surface area (Å²) in [6.45, 7) is 1.92. The van der Waals surface area contributed by atoms with E-state index in [0.717, 1.165) is 10.9 Å². The number of anilines is 1. The smallest absolute Gasteiger partial charge is 0.362 e. The Balaban J connectivity index is 2.28. The molecule has 0 amide bonds. The molecule has 0 aliphatic rings. The van der Waals surface area contributed by atoms with Gasteiger partial charge in [0.25, 0.3) is 0 Å². The molecule has 0 bridgehead atoms. The summed E-state index contributed by atoms with van der Waals surface area (Å²) in [5, 5.41) is 4.79. The van der Waals surface area contributed by atoms with E-state index >= 15 is 0 Å². The third-order valence-corrected chi connectivity index (χ3v) is 3.70. The molecule has 2 heterocycles. The summed E-state index contributed by atoms with van der Waals surface area (Å²) in [5.41, 5.74) is -0.731. The first-order valence-electron chi connectivity index (χ1n) is 5.84. The van der Waals surface area contributed by atoms with Gasteiger partial charge in [0, 0.05) is 11.1 Å². The van der Waals surface area contributed by atoms with Crippen LogP contribution in [-0.4, -0.2) is 4.98 Å². The molecule has 2 nitrogen and oxygen atoms in total. The zero-order valence-corrected chi connectivity index (χ0v) is 11.1. The van der Waals surface area contributed by atoms with E-state index in [4.69, 9.17) is 0 Å². The molecule has 0 radical (unpaired) electrons. The third-order valence-electron chi connectivity index (χ3n) is 2.72. The molecule has 0 spiro atoms. The molecule has 2 aromatic heterocycles. The predicted molar refractivity (Wildman–Crippen MR) is 70.2 cm³/mol. The Hall–Kier alpha value is -1.56. The van der Waals surface area contributed by atoms with Crippen molar-refractivity contribution in [1.82, 2.24) is 4.98 Å². The molecule has 102 valence electrons. The molecular formula is C13H13F3N2S. The quantitative estimate of drug-likeness (QED) is 0.879. The minimum atomic E-state index is -4.40. The van der Waals surface area contributed by atoms with E-state index in [2.05, 4.69) is 10.3 Å². The summed E-state index contributed by atoms with van der Waals surface area (Å²) >= 11 is 1.52. The van der Waals surface area contributed by atoms with Crippen LogP contribution in [0.4, 0.5) is 19.0 Å². The molecule has 0 aliphatic carbocycles. The van der Waals surface area contributed by atoms with Crippen molar-refractivity contribution in [2.75, 3.05) is 5.32 Å². The Bertz CT molecular complexity index is 523. The molecule has 1 atom stereocenters. The van der Waals surface area contributed by atoms with E-state index < -0.39 is 11.7 Å². The topological polar surface area (TPSA) is 24.9 Å². The van der Waals surface area contributed by atoms with E-state index in [9.17, 15) is 13.2 Å². The second-order valence-corrected chi connectivity index (χ2v) is 5.00. The van der Waals surface area contributed by atoms with Gasteiger partial charge in [-0.25, -0.2) is 4.98 Å². The zero-order chi connectivity index (χ0) is 13.9. The number of nitrogens with one attached hydrogen (secondary N) is 1. The normalized spacial score (nSPS) is 13.3. The van der Waals surface area contributed by atoms with Crippen LogP contribution in [0.3, 0.4) is 0 Å². The van der Waals surface area contributed by atoms with Gasteiger partial charge in [0.05, 0.1) is 11.6 Å². The van der Waals surface area contributed by atoms with Gasteiger partial charge in [0.15, 0.2) is 0 Å². The van der Waals surface area contributed by atoms with Crippen molar-refractivity contribution < 1.29 is 13.2 Å². The number of nitrogens with zero attached hydrogens (tertiary/aromatic N) is 1. The molecule has 2 aromatic rings. The number of halogens is 3. The summed E-state index contributed by atoms with van der Waals surface area (Å²) in [4.78, 5) is 4.82. The maximum absolute atomic E-state index is 12.9. The fourth-order valence-corrected chi connectivity index (χ4v) is 2.64. The van der Waals surface area contributed by atoms with Crippen LogP contribution in [0.25, 0.3) is 0 Å². The van der Waals surface area contributed by atoms with Crippen molar-refractivity contribution in [3.63, 3.8) is 0 Å². The van der Waals surface area contributed by atoms with Crippen molar-refractivity contribution >= 4 is 17.2 Å². The van der Waals surface area contributed by atoms with Crippen LogP contribution in [0.5, 0.6) is 0 Å². The predicted octanol–water partition coefficient (Wildman–Crippen LogP) is 4.73. The first-order chi connectivity index (χ1) is 9.02. The van der Waals surface area contributed by atoms with E-state index in [1.807, 2.05) is 24.4 Å². The fraction of sp³-hybridized carbons (Fsp3) is 0.308. The highest BCUT2D eigenvalue weighted by atomic mass is 32.1. The molecule has 0 fully saturated rings. The highest BCUT2D eigenvalue weighted by Gasteiger charge is 2.34. The van der Waals surface area contributed by atoms with E-state index in [-0.39, 0.29) is 11.9 Å². The number of alkyl halides is 3. The zero-order valence-electron chi connectivity index (χ0n) is 10.2. The van der Waals surface area contributed by atoms with Gasteiger partial charge >= 0.3 is 6.18 Å². The lowest BCUT2D eigenvalue weighted by Gasteiger charge is -2.19. The van der Waals surface area contributed by atoms with Crippen LogP contribution in [0.1, 0.15) is 29.8 Å². The first-order valence-corrected chi connectivity index (χ1v) is 6.72. The van der Waals surface area contributed by atoms with Crippen LogP contribution in [0, 0.1) is 0 Å². The summed E-state index contributed by atoms with van der Waals surface area (Å²) in [5.74, 6) is -0.116. The van der Waals surface area contributed by atoms with Crippen LogP contribution in [-0.2, 0) is 6.18 Å². The maximum atomic E-state index is 12.9. The van der Waals surface area contributed by atoms with Crippen LogP contribution in [0.2, 0.25) is 0 Å². The van der Waals surface area contributed by atoms with Crippen molar-refractivity contribution in [1.29, 1.82) is 0 Å². The minimum absolute atomic E-state index is 0.116. The van der Waals surface area contributed by atoms with Crippen molar-refractivity contribution in [3.05, 3.63) is 46.3 Å². The second kappa shape index (κ2) is 5.61. The number of pyridine rings is 1. The minimum Gasteiger partial charge on any atom is -0.362 e. The first kappa shape index (κ1) is 13.9. The molecule has 0 saturated heterocycles. The van der Waals surface area contributed by atoms with Crippen molar-refractivity contribution in [2.45, 2.75) is 25.6 Å². The number of hydrogen-bond donors (Lipinski definition) is 1. The summed E-state index contributed by atoms with van der Waals surface area (Å²) in [6.07, 6.45) is -2.35. The van der Waals surface area contributed by atoms with Crippen LogP contribution < -0.4 is 5.32 Å². The van der Waals surface area contributed by atoms with E-state index in [1.54, 1.807) is 0 Å². The number of thiophene rings is 1. The van der Waals surface area contributed by atoms with Crippen molar-refractivity contribution in [3.8, 4) is 0 Å². The summed E-state index contributed by atoms with van der Waals surface area (Å²) < 4.78 is 38.6. The van der Waals surface area contributed by atoms with Gasteiger partial charge < -0.3 is 5.32 Å². The van der Waals surface area contributed by atoms with Gasteiger partial charge in [-0.3, -0.25) is 0 Å². The molecule has 19 heavy (non-hydrogen) atoms. The Morgan fingerprint density at radius 2 is 2.11 bits per heavy atom. The maximum Gasteiger partial charge on any atom is 0.419 e. The second-order valence-electron chi connectivity index (χ2n) is 4.02. The third kappa shape index (κ3) is 3.26. The van der Waals surface area contributed by atoms with Crippen LogP contribution in [0.15, 0.2) is 35.8 Å². The van der Waals surface area contributed by atoms with Gasteiger partial charge in [-0.2, -0.15) is 13.2 Å². The molecule has 6 heteroatoms. The Morgan fingerprint density at radius 3 is 2.68 bits per heavy atom. The largest absolute Gasteiger partial charge is 0.419 e. The van der Waals surface area contributed by atoms with Gasteiger partial charge in [-0.05, 0) is 30.0 Å². The SMILES string of the molecule is CCC(Nc1ncccc1C(F)(F)F)c1cccs1. The highest BCUT2D eigenvalue weighted by molar-refractivity contribution is 7.10. The Labute approximate surface area is 113 Å². The lowest BCUT2D eigenvalue weighted by Crippen LogP contribution is -2.15. The molecule has 2 rings (SSSR count). The molecule has 1 unspecified atom stereocenters. The Kier molecular flexibility index (Phi) is 4.09. The number of hydrogen-bond acceptors (Lipinski definition) is 3. The number of rotatable bonds is 4. The lowest BCUT2D eigenvalue weighted by molar-refractivity contribution is -0.137. The fourth-order valence-electron chi connectivity index (χ4n) is 1.78. The van der Waals surface area contributed by atoms with Gasteiger partial charge in [-0.15, -0.1) is 11.3 Å². The summed E-state index contributed by atoms with van der Waals surface area (Å²) in [7, 11) is 0. The summed E-state index contributed by atoms with van der Waals surface area (Å²) in [6, 6.07) is 5.96. The van der Waals surface area contributed by atoms with E-state index in [1.165, 1.54) is 23.6 Å². The standard InChI is InChI=1S/C13H13F3N2S/c1-2-10(11-6-4-8-19-11)18-12-9(13(14,15)16)5-3-7-17-12/h3-8,10H,2H2,1H3,(H,17,18). The number of aromatic nitrogens is 1. The highest BCUT2D eigenvalue weighted by Crippen LogP contribution is 2.35. The molecular weight excluding hydrogens is 273 g/mol. The Morgan fingerprint density at radius 1 is 1.32 bits per heavy atom. The van der Waals surface area contributed by atoms with Crippen molar-refractivity contribution in [2.24, 2.45) is 0 Å². The molecule has 0 saturated carbocycles.